The van der Waals surface area contributed by atoms with Crippen molar-refractivity contribution in [1.29, 1.82) is 0 Å². The summed E-state index contributed by atoms with van der Waals surface area (Å²) in [5.74, 6) is -0.639. The molecule has 6 heteroatoms. The number of carbonyl (C=O) groups excluding carboxylic acids is 2. The molecule has 142 valence electrons. The number of hydrogen-bond donors (Lipinski definition) is 1. The maximum Gasteiger partial charge on any atom is 0.307 e. The first-order chi connectivity index (χ1) is 13.1. The third-order valence-electron chi connectivity index (χ3n) is 4.82. The topological polar surface area (TPSA) is 79.5 Å². The Hall–Kier alpha value is -2.89. The Kier molecular flexibility index (Phi) is 6.06. The number of H-pyrrole nitrogens is 1. The minimum absolute atomic E-state index is 0.102. The van der Waals surface area contributed by atoms with Crippen molar-refractivity contribution in [3.05, 3.63) is 58.4 Å². The minimum atomic E-state index is -0.415. The molecule has 1 saturated heterocycles. The van der Waals surface area contributed by atoms with Crippen LogP contribution < -0.4 is 5.56 Å². The third kappa shape index (κ3) is 4.45. The fourth-order valence-electron chi connectivity index (χ4n) is 3.48. The fraction of sp³-hybridized carbons (Fsp3) is 0.381. The van der Waals surface area contributed by atoms with E-state index in [1.807, 2.05) is 30.3 Å². The average molecular weight is 368 g/mol. The molecule has 1 aliphatic rings. The summed E-state index contributed by atoms with van der Waals surface area (Å²) in [7, 11) is 0. The zero-order valence-electron chi connectivity index (χ0n) is 15.4. The number of piperidine rings is 1. The smallest absolute Gasteiger partial charge is 0.307 e. The van der Waals surface area contributed by atoms with E-state index in [4.69, 9.17) is 4.74 Å². The second kappa shape index (κ2) is 8.66. The molecule has 2 aromatic rings. The Balaban J connectivity index is 1.81. The van der Waals surface area contributed by atoms with Crippen LogP contribution in [0.3, 0.4) is 0 Å². The van der Waals surface area contributed by atoms with E-state index in [-0.39, 0.29) is 29.9 Å². The zero-order valence-corrected chi connectivity index (χ0v) is 15.4. The number of nitrogens with zero attached hydrogens (tertiary/aromatic N) is 1. The molecule has 1 unspecified atom stereocenters. The molecule has 0 aliphatic carbocycles. The fourth-order valence-corrected chi connectivity index (χ4v) is 3.48. The molecule has 1 atom stereocenters. The van der Waals surface area contributed by atoms with Crippen molar-refractivity contribution in [2.24, 2.45) is 0 Å². The van der Waals surface area contributed by atoms with Gasteiger partial charge in [0.05, 0.1) is 13.0 Å². The monoisotopic (exact) mass is 368 g/mol. The van der Waals surface area contributed by atoms with Gasteiger partial charge in [0.15, 0.2) is 0 Å². The number of esters is 1. The van der Waals surface area contributed by atoms with Crippen molar-refractivity contribution in [2.75, 3.05) is 13.2 Å². The first kappa shape index (κ1) is 18.9. The number of benzene rings is 1. The number of aromatic amines is 1. The summed E-state index contributed by atoms with van der Waals surface area (Å²) in [5.41, 5.74) is 1.23. The van der Waals surface area contributed by atoms with E-state index in [1.54, 1.807) is 24.0 Å². The summed E-state index contributed by atoms with van der Waals surface area (Å²) >= 11 is 0. The number of likely N-dealkylation sites (tertiary alicyclic amines) is 1. The molecular weight excluding hydrogens is 344 g/mol. The number of rotatable bonds is 5. The molecule has 1 aliphatic heterocycles. The molecule has 1 aromatic carbocycles. The molecule has 0 bridgehead atoms. The molecule has 3 rings (SSSR count). The lowest BCUT2D eigenvalue weighted by atomic mass is 9.98. The Morgan fingerprint density at radius 3 is 2.63 bits per heavy atom. The van der Waals surface area contributed by atoms with Crippen molar-refractivity contribution in [1.82, 2.24) is 9.88 Å². The second-order valence-electron chi connectivity index (χ2n) is 6.64. The molecule has 0 saturated carbocycles. The van der Waals surface area contributed by atoms with E-state index in [0.29, 0.717) is 18.8 Å². The Morgan fingerprint density at radius 1 is 1.15 bits per heavy atom. The lowest BCUT2D eigenvalue weighted by Crippen LogP contribution is -2.46. The van der Waals surface area contributed by atoms with Gasteiger partial charge in [-0.05, 0) is 43.9 Å². The Labute approximate surface area is 158 Å². The van der Waals surface area contributed by atoms with E-state index in [0.717, 1.165) is 24.8 Å². The van der Waals surface area contributed by atoms with Gasteiger partial charge in [-0.3, -0.25) is 14.4 Å². The number of carbonyl (C=O) groups is 2. The van der Waals surface area contributed by atoms with Gasteiger partial charge in [-0.25, -0.2) is 0 Å². The summed E-state index contributed by atoms with van der Waals surface area (Å²) in [6, 6.07) is 12.6. The van der Waals surface area contributed by atoms with Crippen molar-refractivity contribution >= 4 is 11.9 Å². The van der Waals surface area contributed by atoms with Crippen LogP contribution in [0.4, 0.5) is 0 Å². The van der Waals surface area contributed by atoms with Crippen molar-refractivity contribution in [3.8, 4) is 11.3 Å². The maximum absolute atomic E-state index is 13.0. The highest BCUT2D eigenvalue weighted by Gasteiger charge is 2.30. The van der Waals surface area contributed by atoms with Crippen LogP contribution in [0.2, 0.25) is 0 Å². The number of hydrogen-bond acceptors (Lipinski definition) is 4. The number of nitrogens with one attached hydrogen (secondary N) is 1. The highest BCUT2D eigenvalue weighted by atomic mass is 16.5. The maximum atomic E-state index is 13.0. The van der Waals surface area contributed by atoms with E-state index in [1.165, 1.54) is 0 Å². The summed E-state index contributed by atoms with van der Waals surface area (Å²) < 4.78 is 5.02. The van der Waals surface area contributed by atoms with Gasteiger partial charge in [-0.15, -0.1) is 0 Å². The largest absolute Gasteiger partial charge is 0.466 e. The van der Waals surface area contributed by atoms with Gasteiger partial charge in [-0.2, -0.15) is 0 Å². The first-order valence-corrected chi connectivity index (χ1v) is 9.35. The van der Waals surface area contributed by atoms with Gasteiger partial charge in [0.25, 0.3) is 11.5 Å². The summed E-state index contributed by atoms with van der Waals surface area (Å²) in [4.78, 5) is 41.8. The molecule has 6 nitrogen and oxygen atoms in total. The molecule has 27 heavy (non-hydrogen) atoms. The average Bonchev–Trinajstić information content (AvgIpc) is 2.69. The molecular formula is C21H24N2O4. The van der Waals surface area contributed by atoms with Gasteiger partial charge in [-0.1, -0.05) is 30.3 Å². The predicted octanol–water partition coefficient (Wildman–Crippen LogP) is 2.99. The standard InChI is InChI=1S/C21H24N2O4/c1-2-27-19(24)14-16-10-6-7-13-23(16)21(26)17-11-12-18(22-20(17)25)15-8-4-3-5-9-15/h3-5,8-9,11-12,16H,2,6-7,10,13-14H2,1H3,(H,22,25). The van der Waals surface area contributed by atoms with E-state index in [9.17, 15) is 14.4 Å². The Bertz CT molecular complexity index is 860. The molecule has 1 fully saturated rings. The highest BCUT2D eigenvalue weighted by molar-refractivity contribution is 5.94. The molecule has 2 heterocycles. The lowest BCUT2D eigenvalue weighted by molar-refractivity contribution is -0.144. The van der Waals surface area contributed by atoms with Gasteiger partial charge < -0.3 is 14.6 Å². The van der Waals surface area contributed by atoms with Gasteiger partial charge in [0, 0.05) is 18.3 Å². The van der Waals surface area contributed by atoms with Crippen LogP contribution >= 0.6 is 0 Å². The third-order valence-corrected chi connectivity index (χ3v) is 4.82. The number of pyridine rings is 1. The lowest BCUT2D eigenvalue weighted by Gasteiger charge is -2.35. The van der Waals surface area contributed by atoms with Crippen LogP contribution in [0.15, 0.2) is 47.3 Å². The molecule has 1 aromatic heterocycles. The predicted molar refractivity (Wildman–Crippen MR) is 102 cm³/mol. The Morgan fingerprint density at radius 2 is 1.93 bits per heavy atom. The van der Waals surface area contributed by atoms with Crippen molar-refractivity contribution < 1.29 is 14.3 Å². The van der Waals surface area contributed by atoms with E-state index in [2.05, 4.69) is 4.98 Å². The highest BCUT2D eigenvalue weighted by Crippen LogP contribution is 2.22. The number of aromatic nitrogens is 1. The number of amides is 1. The summed E-state index contributed by atoms with van der Waals surface area (Å²) in [5, 5.41) is 0. The normalized spacial score (nSPS) is 16.8. The van der Waals surface area contributed by atoms with Gasteiger partial charge in [0.1, 0.15) is 5.56 Å². The van der Waals surface area contributed by atoms with E-state index < -0.39 is 5.56 Å². The van der Waals surface area contributed by atoms with Gasteiger partial charge in [0.2, 0.25) is 0 Å². The zero-order chi connectivity index (χ0) is 19.2. The van der Waals surface area contributed by atoms with Crippen LogP contribution in [0.1, 0.15) is 43.0 Å². The molecule has 1 N–H and O–H groups in total. The second-order valence-corrected chi connectivity index (χ2v) is 6.64. The molecule has 1 amide bonds. The summed E-state index contributed by atoms with van der Waals surface area (Å²) in [6.45, 7) is 2.62. The van der Waals surface area contributed by atoms with E-state index >= 15 is 0 Å². The van der Waals surface area contributed by atoms with Crippen LogP contribution in [0, 0.1) is 0 Å². The van der Waals surface area contributed by atoms with Crippen LogP contribution in [0.5, 0.6) is 0 Å². The number of ether oxygens (including phenoxy) is 1. The van der Waals surface area contributed by atoms with Crippen molar-refractivity contribution in [2.45, 2.75) is 38.6 Å². The quantitative estimate of drug-likeness (QED) is 0.823. The minimum Gasteiger partial charge on any atom is -0.466 e. The first-order valence-electron chi connectivity index (χ1n) is 9.35. The summed E-state index contributed by atoms with van der Waals surface area (Å²) in [6.07, 6.45) is 2.73. The van der Waals surface area contributed by atoms with Gasteiger partial charge >= 0.3 is 5.97 Å². The van der Waals surface area contributed by atoms with Crippen LogP contribution in [-0.4, -0.2) is 41.0 Å². The van der Waals surface area contributed by atoms with Crippen LogP contribution in [0.25, 0.3) is 11.3 Å². The van der Waals surface area contributed by atoms with Crippen LogP contribution in [-0.2, 0) is 9.53 Å². The molecule has 0 radical (unpaired) electrons. The SMILES string of the molecule is CCOC(=O)CC1CCCCN1C(=O)c1ccc(-c2ccccc2)[nH]c1=O. The molecule has 0 spiro atoms. The van der Waals surface area contributed by atoms with Crippen molar-refractivity contribution in [3.63, 3.8) is 0 Å².